The zero-order valence-electron chi connectivity index (χ0n) is 10.6. The number of esters is 1. The van der Waals surface area contributed by atoms with E-state index in [9.17, 15) is 19.7 Å². The fourth-order valence-electron chi connectivity index (χ4n) is 1.39. The van der Waals surface area contributed by atoms with Crippen molar-refractivity contribution >= 4 is 28.2 Å². The van der Waals surface area contributed by atoms with Gasteiger partial charge in [0.1, 0.15) is 0 Å². The molecule has 1 amide bonds. The Bertz CT molecular complexity index is 485. The zero-order chi connectivity index (χ0) is 14.4. The Morgan fingerprint density at radius 3 is 2.68 bits per heavy atom. The van der Waals surface area contributed by atoms with Crippen LogP contribution in [0.1, 0.15) is 22.5 Å². The lowest BCUT2D eigenvalue weighted by atomic mass is 10.3. The average Bonchev–Trinajstić information content (AvgIpc) is 2.87. The minimum Gasteiger partial charge on any atom is -0.469 e. The van der Waals surface area contributed by atoms with E-state index in [1.54, 1.807) is 7.05 Å². The third kappa shape index (κ3) is 4.32. The molecule has 1 rings (SSSR count). The number of nitrogens with zero attached hydrogens (tertiary/aromatic N) is 2. The molecular formula is C11H14N2O5S. The third-order valence-electron chi connectivity index (χ3n) is 2.43. The number of rotatable bonds is 6. The highest BCUT2D eigenvalue weighted by Crippen LogP contribution is 2.24. The number of carbonyl (C=O) groups is 2. The maximum atomic E-state index is 11.9. The van der Waals surface area contributed by atoms with Crippen LogP contribution in [0.5, 0.6) is 0 Å². The van der Waals surface area contributed by atoms with E-state index in [1.807, 2.05) is 0 Å². The first-order valence-electron chi connectivity index (χ1n) is 5.52. The molecule has 0 spiro atoms. The lowest BCUT2D eigenvalue weighted by molar-refractivity contribution is -0.380. The van der Waals surface area contributed by atoms with E-state index >= 15 is 0 Å². The molecule has 1 aromatic heterocycles. The highest BCUT2D eigenvalue weighted by molar-refractivity contribution is 7.17. The molecule has 0 bridgehead atoms. The van der Waals surface area contributed by atoms with Crippen molar-refractivity contribution in [2.45, 2.75) is 12.8 Å². The first-order valence-corrected chi connectivity index (χ1v) is 6.34. The molecule has 7 nitrogen and oxygen atoms in total. The lowest BCUT2D eigenvalue weighted by Crippen LogP contribution is -2.27. The monoisotopic (exact) mass is 286 g/mol. The number of methoxy groups -OCH3 is 1. The second-order valence-corrected chi connectivity index (χ2v) is 4.86. The van der Waals surface area contributed by atoms with E-state index in [0.717, 1.165) is 11.3 Å². The summed E-state index contributed by atoms with van der Waals surface area (Å²) >= 11 is 0.840. The van der Waals surface area contributed by atoms with Crippen molar-refractivity contribution in [1.29, 1.82) is 0 Å². The molecule has 8 heteroatoms. The topological polar surface area (TPSA) is 89.8 Å². The maximum Gasteiger partial charge on any atom is 0.324 e. The Kier molecular flexibility index (Phi) is 5.43. The Hall–Kier alpha value is -1.96. The molecule has 1 aromatic rings. The average molecular weight is 286 g/mol. The van der Waals surface area contributed by atoms with Gasteiger partial charge in [-0.25, -0.2) is 0 Å². The van der Waals surface area contributed by atoms with Crippen molar-refractivity contribution in [2.24, 2.45) is 0 Å². The quantitative estimate of drug-likeness (QED) is 0.451. The van der Waals surface area contributed by atoms with E-state index in [4.69, 9.17) is 0 Å². The molecule has 0 saturated heterocycles. The van der Waals surface area contributed by atoms with Gasteiger partial charge in [-0.05, 0) is 12.5 Å². The van der Waals surface area contributed by atoms with Crippen LogP contribution < -0.4 is 0 Å². The van der Waals surface area contributed by atoms with E-state index in [-0.39, 0.29) is 23.3 Å². The molecule has 0 unspecified atom stereocenters. The van der Waals surface area contributed by atoms with Crippen molar-refractivity contribution < 1.29 is 19.2 Å². The largest absolute Gasteiger partial charge is 0.469 e. The van der Waals surface area contributed by atoms with Gasteiger partial charge >= 0.3 is 11.0 Å². The number of nitro groups is 1. The zero-order valence-corrected chi connectivity index (χ0v) is 11.4. The number of amides is 1. The van der Waals surface area contributed by atoms with Crippen molar-refractivity contribution in [3.8, 4) is 0 Å². The fraction of sp³-hybridized carbons (Fsp3) is 0.455. The molecule has 0 aliphatic rings. The molecule has 0 atom stereocenters. The summed E-state index contributed by atoms with van der Waals surface area (Å²) in [4.78, 5) is 34.6. The second kappa shape index (κ2) is 6.83. The van der Waals surface area contributed by atoms with Gasteiger partial charge in [0, 0.05) is 26.1 Å². The summed E-state index contributed by atoms with van der Waals surface area (Å²) in [5.41, 5.74) is 0. The highest BCUT2D eigenvalue weighted by atomic mass is 32.1. The maximum absolute atomic E-state index is 11.9. The summed E-state index contributed by atoms with van der Waals surface area (Å²) in [5.74, 6) is -0.615. The molecule has 0 aliphatic carbocycles. The van der Waals surface area contributed by atoms with E-state index in [0.29, 0.717) is 17.8 Å². The normalized spacial score (nSPS) is 10.0. The van der Waals surface area contributed by atoms with Crippen LogP contribution in [0.4, 0.5) is 5.00 Å². The molecular weight excluding hydrogens is 272 g/mol. The Labute approximate surface area is 113 Å². The Morgan fingerprint density at radius 2 is 2.16 bits per heavy atom. The van der Waals surface area contributed by atoms with Crippen molar-refractivity contribution in [1.82, 2.24) is 4.90 Å². The molecule has 0 aliphatic heterocycles. The minimum absolute atomic E-state index is 0.0636. The second-order valence-electron chi connectivity index (χ2n) is 3.80. The predicted octanol–water partition coefficient (Wildman–Crippen LogP) is 1.68. The third-order valence-corrected chi connectivity index (χ3v) is 3.46. The van der Waals surface area contributed by atoms with Gasteiger partial charge in [-0.3, -0.25) is 19.7 Å². The van der Waals surface area contributed by atoms with Gasteiger partial charge in [0.15, 0.2) is 0 Å². The molecule has 0 saturated carbocycles. The molecule has 1 heterocycles. The molecule has 0 radical (unpaired) electrons. The van der Waals surface area contributed by atoms with Crippen molar-refractivity contribution in [3.05, 3.63) is 27.1 Å². The summed E-state index contributed by atoms with van der Waals surface area (Å²) < 4.78 is 4.49. The van der Waals surface area contributed by atoms with Crippen LogP contribution >= 0.6 is 11.3 Å². The molecule has 104 valence electrons. The van der Waals surface area contributed by atoms with Gasteiger partial charge in [0.05, 0.1) is 16.9 Å². The van der Waals surface area contributed by atoms with Crippen LogP contribution in [-0.2, 0) is 9.53 Å². The molecule has 0 N–H and O–H groups in total. The van der Waals surface area contributed by atoms with Crippen LogP contribution in [0.15, 0.2) is 12.1 Å². The molecule has 19 heavy (non-hydrogen) atoms. The summed E-state index contributed by atoms with van der Waals surface area (Å²) in [5, 5.41) is 10.5. The van der Waals surface area contributed by atoms with E-state index in [1.165, 1.54) is 24.1 Å². The first-order chi connectivity index (χ1) is 8.95. The Morgan fingerprint density at radius 1 is 1.47 bits per heavy atom. The van der Waals surface area contributed by atoms with Gasteiger partial charge in [-0.15, -0.1) is 0 Å². The van der Waals surface area contributed by atoms with Gasteiger partial charge in [0.25, 0.3) is 5.91 Å². The molecule has 0 fully saturated rings. The summed E-state index contributed by atoms with van der Waals surface area (Å²) in [6, 6.07) is 2.74. The number of ether oxygens (including phenoxy) is 1. The summed E-state index contributed by atoms with van der Waals surface area (Å²) in [6.45, 7) is 0.389. The van der Waals surface area contributed by atoms with Gasteiger partial charge in [-0.2, -0.15) is 0 Å². The summed E-state index contributed by atoms with van der Waals surface area (Å²) in [6.07, 6.45) is 0.723. The molecule has 0 aromatic carbocycles. The minimum atomic E-state index is -0.529. The van der Waals surface area contributed by atoms with Crippen LogP contribution in [0.3, 0.4) is 0 Å². The van der Waals surface area contributed by atoms with Crippen molar-refractivity contribution in [2.75, 3.05) is 20.7 Å². The van der Waals surface area contributed by atoms with Crippen LogP contribution in [0, 0.1) is 10.1 Å². The van der Waals surface area contributed by atoms with Gasteiger partial charge in [-0.1, -0.05) is 11.3 Å². The van der Waals surface area contributed by atoms with Gasteiger partial charge < -0.3 is 9.64 Å². The first kappa shape index (κ1) is 15.1. The predicted molar refractivity (Wildman–Crippen MR) is 69.2 cm³/mol. The van der Waals surface area contributed by atoms with E-state index in [2.05, 4.69) is 4.74 Å². The number of carbonyl (C=O) groups excluding carboxylic acids is 2. The number of thiophene rings is 1. The summed E-state index contributed by atoms with van der Waals surface area (Å²) in [7, 11) is 2.90. The van der Waals surface area contributed by atoms with Gasteiger partial charge in [0.2, 0.25) is 0 Å². The van der Waals surface area contributed by atoms with Crippen LogP contribution in [0.2, 0.25) is 0 Å². The van der Waals surface area contributed by atoms with Crippen LogP contribution in [0.25, 0.3) is 0 Å². The van der Waals surface area contributed by atoms with Crippen molar-refractivity contribution in [3.63, 3.8) is 0 Å². The van der Waals surface area contributed by atoms with Crippen LogP contribution in [-0.4, -0.2) is 42.4 Å². The Balaban J connectivity index is 2.51. The van der Waals surface area contributed by atoms with E-state index < -0.39 is 4.92 Å². The number of hydrogen-bond acceptors (Lipinski definition) is 6. The smallest absolute Gasteiger partial charge is 0.324 e. The standard InChI is InChI=1S/C11H14N2O5S/c1-12(7-3-4-10(14)18-2)11(15)8-5-6-9(19-8)13(16)17/h5-6H,3-4,7H2,1-2H3. The fourth-order valence-corrected chi connectivity index (χ4v) is 2.21. The number of hydrogen-bond donors (Lipinski definition) is 0. The SMILES string of the molecule is COC(=O)CCCN(C)C(=O)c1ccc([N+](=O)[O-])s1. The lowest BCUT2D eigenvalue weighted by Gasteiger charge is -2.15. The highest BCUT2D eigenvalue weighted by Gasteiger charge is 2.18.